The van der Waals surface area contributed by atoms with Gasteiger partial charge >= 0.3 is 18.2 Å². The van der Waals surface area contributed by atoms with Gasteiger partial charge in [0.25, 0.3) is 0 Å². The third-order valence-corrected chi connectivity index (χ3v) is 7.47. The van der Waals surface area contributed by atoms with Crippen molar-refractivity contribution < 1.29 is 36.3 Å². The molecule has 0 saturated carbocycles. The van der Waals surface area contributed by atoms with Crippen LogP contribution in [0.15, 0.2) is 48.9 Å². The van der Waals surface area contributed by atoms with Gasteiger partial charge in [0.15, 0.2) is 5.78 Å². The Balaban J connectivity index is 1.30. The second-order valence-electron chi connectivity index (χ2n) is 10.2. The smallest absolute Gasteiger partial charge is 0.375 e. The zero-order chi connectivity index (χ0) is 28.7. The van der Waals surface area contributed by atoms with Gasteiger partial charge in [0, 0.05) is 43.0 Å². The molecule has 1 fully saturated rings. The van der Waals surface area contributed by atoms with Gasteiger partial charge in [0.1, 0.15) is 24.6 Å². The monoisotopic (exact) mass is 572 g/mol. The van der Waals surface area contributed by atoms with Gasteiger partial charge in [-0.05, 0) is 29.8 Å². The van der Waals surface area contributed by atoms with Gasteiger partial charge in [-0.25, -0.2) is 14.2 Å². The normalized spacial score (nSPS) is 20.2. The largest absolute Gasteiger partial charge is 0.377 e. The summed E-state index contributed by atoms with van der Waals surface area (Å²) in [5, 5.41) is 3.57. The van der Waals surface area contributed by atoms with Gasteiger partial charge in [-0.15, -0.1) is 0 Å². The lowest BCUT2D eigenvalue weighted by atomic mass is 9.99. The van der Waals surface area contributed by atoms with E-state index in [0.717, 1.165) is 4.90 Å². The van der Waals surface area contributed by atoms with Crippen molar-refractivity contribution in [2.75, 3.05) is 26.2 Å². The lowest BCUT2D eigenvalue weighted by Crippen LogP contribution is -2.59. The molecule has 3 aliphatic heterocycles. The van der Waals surface area contributed by atoms with Crippen molar-refractivity contribution >= 4 is 39.6 Å². The molecule has 6 heterocycles. The van der Waals surface area contributed by atoms with Crippen LogP contribution in [0.5, 0.6) is 0 Å². The highest BCUT2D eigenvalue weighted by atomic mass is 19.3. The van der Waals surface area contributed by atoms with E-state index in [1.165, 1.54) is 12.1 Å². The predicted octanol–water partition coefficient (Wildman–Crippen LogP) is 3.92. The first-order chi connectivity index (χ1) is 19.5. The number of Topliss-reactive ketones (excluding diaryl/α,β-unsaturated/α-hetero) is 1. The number of amides is 2. The summed E-state index contributed by atoms with van der Waals surface area (Å²) in [6, 6.07) is 6.98. The number of imidazole rings is 1. The Kier molecular flexibility index (Phi) is 5.45. The van der Waals surface area contributed by atoms with Crippen LogP contribution in [-0.4, -0.2) is 74.0 Å². The number of halogens is 5. The number of fused-ring (bicyclic) bond motifs is 1. The lowest BCUT2D eigenvalue weighted by Gasteiger charge is -2.39. The molecule has 1 N–H and O–H groups in total. The lowest BCUT2D eigenvalue weighted by molar-refractivity contribution is -0.400. The Labute approximate surface area is 228 Å². The topological polar surface area (TPSA) is 84.1 Å². The first kappa shape index (κ1) is 25.5. The first-order valence-corrected chi connectivity index (χ1v) is 12.7. The van der Waals surface area contributed by atoms with Crippen LogP contribution in [0.25, 0.3) is 27.8 Å². The fourth-order valence-corrected chi connectivity index (χ4v) is 5.89. The molecular weight excluding hydrogens is 551 g/mol. The van der Waals surface area contributed by atoms with E-state index in [4.69, 9.17) is 0 Å². The minimum atomic E-state index is -4.22. The Morgan fingerprint density at radius 3 is 2.61 bits per heavy atom. The Bertz CT molecular complexity index is 1780. The van der Waals surface area contributed by atoms with E-state index in [9.17, 15) is 27.2 Å². The molecule has 41 heavy (non-hydrogen) atoms. The summed E-state index contributed by atoms with van der Waals surface area (Å²) in [5.41, 5.74) is 3.63. The number of morpholine rings is 1. The second-order valence-corrected chi connectivity index (χ2v) is 10.2. The molecule has 212 valence electrons. The number of hydrogen-bond donors (Lipinski definition) is 1. The zero-order valence-electron chi connectivity index (χ0n) is 21.2. The summed E-state index contributed by atoms with van der Waals surface area (Å²) in [7, 11) is 0. The van der Waals surface area contributed by atoms with E-state index in [0.29, 0.717) is 49.5 Å². The van der Waals surface area contributed by atoms with E-state index in [-0.39, 0.29) is 32.0 Å². The van der Waals surface area contributed by atoms with Crippen molar-refractivity contribution in [1.82, 2.24) is 29.1 Å². The summed E-state index contributed by atoms with van der Waals surface area (Å²) in [4.78, 5) is 32.2. The maximum absolute atomic E-state index is 15.0. The Morgan fingerprint density at radius 2 is 1.83 bits per heavy atom. The molecule has 3 aliphatic rings. The van der Waals surface area contributed by atoms with Gasteiger partial charge in [0.05, 0.1) is 35.2 Å². The summed E-state index contributed by atoms with van der Waals surface area (Å²) in [6.07, 6.45) is -3.28. The maximum atomic E-state index is 15.0. The molecule has 14 heteroatoms. The number of carbonyl (C=O) groups excluding carboxylic acids is 2. The zero-order valence-corrected chi connectivity index (χ0v) is 21.2. The number of benzene rings is 1. The average molecular weight is 572 g/mol. The van der Waals surface area contributed by atoms with Crippen molar-refractivity contribution in [1.29, 1.82) is 0 Å². The van der Waals surface area contributed by atoms with Gasteiger partial charge in [-0.1, -0.05) is 6.07 Å². The van der Waals surface area contributed by atoms with Crippen molar-refractivity contribution in [3.05, 3.63) is 71.6 Å². The maximum Gasteiger partial charge on any atom is 0.377 e. The number of nitrogens with zero attached hydrogens (tertiary/aromatic N) is 5. The molecule has 0 atom stereocenters. The van der Waals surface area contributed by atoms with Gasteiger partial charge in [-0.2, -0.15) is 17.6 Å². The number of ether oxygens (including phenoxy) is 1. The summed E-state index contributed by atoms with van der Waals surface area (Å²) in [5.74, 6) is -0.834. The summed E-state index contributed by atoms with van der Waals surface area (Å²) < 4.78 is 77.3. The minimum Gasteiger partial charge on any atom is -0.375 e. The molecule has 0 aliphatic carbocycles. The third-order valence-electron chi connectivity index (χ3n) is 7.47. The molecule has 2 amide bonds. The van der Waals surface area contributed by atoms with Crippen molar-refractivity contribution in [3.63, 3.8) is 0 Å². The molecule has 0 bridgehead atoms. The molecule has 0 unspecified atom stereocenters. The van der Waals surface area contributed by atoms with E-state index < -0.39 is 37.2 Å². The number of ketones is 1. The van der Waals surface area contributed by atoms with Crippen LogP contribution in [0.2, 0.25) is 0 Å². The summed E-state index contributed by atoms with van der Waals surface area (Å²) in [6.45, 7) is -2.71. The molecule has 3 aromatic heterocycles. The molecule has 9 nitrogen and oxygen atoms in total. The number of urea groups is 1. The third kappa shape index (κ3) is 4.20. The van der Waals surface area contributed by atoms with E-state index in [2.05, 4.69) is 15.0 Å². The molecule has 1 aromatic carbocycles. The van der Waals surface area contributed by atoms with Crippen molar-refractivity contribution in [2.45, 2.75) is 25.3 Å². The number of nitrogens with one attached hydrogen (secondary N) is 1. The summed E-state index contributed by atoms with van der Waals surface area (Å²) >= 11 is 0. The van der Waals surface area contributed by atoms with Crippen LogP contribution >= 0.6 is 0 Å². The van der Waals surface area contributed by atoms with Crippen LogP contribution in [0.1, 0.15) is 16.8 Å². The Hall–Kier alpha value is -4.46. The molecule has 0 spiro atoms. The number of hydrogen-bond acceptors (Lipinski definition) is 5. The van der Waals surface area contributed by atoms with Crippen LogP contribution in [0.4, 0.5) is 26.7 Å². The van der Waals surface area contributed by atoms with Gasteiger partial charge < -0.3 is 19.7 Å². The second kappa shape index (κ2) is 8.77. The highest BCUT2D eigenvalue weighted by Crippen LogP contribution is 2.39. The van der Waals surface area contributed by atoms with E-state index in [1.54, 1.807) is 17.0 Å². The number of alkyl halides is 4. The Morgan fingerprint density at radius 1 is 1.05 bits per heavy atom. The molecule has 4 aromatic rings. The highest BCUT2D eigenvalue weighted by molar-refractivity contribution is 6.33. The molecule has 0 radical (unpaired) electrons. The van der Waals surface area contributed by atoms with Crippen LogP contribution in [-0.2, 0) is 22.6 Å². The fraction of sp³-hybridized carbons (Fsp3) is 0.296. The van der Waals surface area contributed by atoms with Crippen LogP contribution in [0, 0.1) is 5.82 Å². The van der Waals surface area contributed by atoms with E-state index >= 15 is 4.39 Å². The molecule has 1 saturated heterocycles. The first-order valence-electron chi connectivity index (χ1n) is 12.7. The molecular formula is C27H21F5N6O3. The highest BCUT2D eigenvalue weighted by Gasteiger charge is 2.53. The predicted molar refractivity (Wildman–Crippen MR) is 135 cm³/mol. The van der Waals surface area contributed by atoms with Crippen molar-refractivity contribution in [3.8, 4) is 0 Å². The van der Waals surface area contributed by atoms with Crippen LogP contribution < -0.4 is 5.32 Å². The number of carbonyl (C=O) groups is 2. The number of rotatable bonds is 2. The molecule has 7 rings (SSSR count). The standard InChI is InChI=1S/C27H21F5N6O3/c28-16-7-15-11-36(25(40)37-13-26(29,30)41-27(31,32)14-37)6-5-35-12-18(17(8-16)24(15)35)22-20(39)10-34-23(22)19-9-33-21-3-1-2-4-38(19)21/h1-4,7-9,12,34H,5-6,10-11,13-14H2. The number of pyridine rings is 1. The van der Waals surface area contributed by atoms with Gasteiger partial charge in [-0.3, -0.25) is 13.9 Å². The fourth-order valence-electron chi connectivity index (χ4n) is 5.89. The average Bonchev–Trinajstić information content (AvgIpc) is 3.55. The minimum absolute atomic E-state index is 0.0296. The van der Waals surface area contributed by atoms with Crippen LogP contribution in [0.3, 0.4) is 0 Å². The van der Waals surface area contributed by atoms with Crippen molar-refractivity contribution in [2.24, 2.45) is 0 Å². The quantitative estimate of drug-likeness (QED) is 0.369. The SMILES string of the molecule is O=C1CNC(c2cnc3ccccn23)=C1c1cn2c3c(cc(F)cc13)CN(C(=O)N1CC(F)(F)OC(F)(F)C1)CC2. The van der Waals surface area contributed by atoms with Gasteiger partial charge in [0.2, 0.25) is 0 Å². The number of aromatic nitrogens is 3. The van der Waals surface area contributed by atoms with E-state index in [1.807, 2.05) is 28.8 Å².